The average molecular weight is 367 g/mol. The van der Waals surface area contributed by atoms with Gasteiger partial charge in [-0.2, -0.15) is 0 Å². The Labute approximate surface area is 153 Å². The third-order valence-electron chi connectivity index (χ3n) is 5.25. The number of aromatic amines is 2. The van der Waals surface area contributed by atoms with Gasteiger partial charge in [0.1, 0.15) is 5.82 Å². The van der Waals surface area contributed by atoms with E-state index in [2.05, 4.69) is 9.97 Å². The number of fused-ring (bicyclic) bond motifs is 6. The molecule has 0 unspecified atom stereocenters. The monoisotopic (exact) mass is 367 g/mol. The predicted octanol–water partition coefficient (Wildman–Crippen LogP) is 5.12. The van der Waals surface area contributed by atoms with Gasteiger partial charge in [-0.1, -0.05) is 31.0 Å². The van der Waals surface area contributed by atoms with E-state index in [9.17, 15) is 9.18 Å². The van der Waals surface area contributed by atoms with Gasteiger partial charge in [0.25, 0.3) is 5.56 Å². The second-order valence-electron chi connectivity index (χ2n) is 6.93. The molecule has 0 bridgehead atoms. The normalized spacial score (nSPS) is 16.0. The van der Waals surface area contributed by atoms with Crippen LogP contribution in [0.2, 0.25) is 0 Å². The third kappa shape index (κ3) is 2.51. The van der Waals surface area contributed by atoms with E-state index < -0.39 is 0 Å². The van der Waals surface area contributed by atoms with E-state index in [1.807, 2.05) is 6.07 Å². The van der Waals surface area contributed by atoms with E-state index in [-0.39, 0.29) is 11.4 Å². The van der Waals surface area contributed by atoms with Crippen molar-refractivity contribution in [2.24, 2.45) is 0 Å². The SMILES string of the molecule is O=c1[nH]ccc2c3nc(SC4CCCCC4)[nH]c3c3ccc(F)cc3c12. The smallest absolute Gasteiger partial charge is 0.256 e. The van der Waals surface area contributed by atoms with E-state index in [0.29, 0.717) is 16.0 Å². The van der Waals surface area contributed by atoms with Crippen LogP contribution in [0.5, 0.6) is 0 Å². The van der Waals surface area contributed by atoms with Crippen LogP contribution in [0, 0.1) is 5.82 Å². The first-order valence-corrected chi connectivity index (χ1v) is 9.88. The summed E-state index contributed by atoms with van der Waals surface area (Å²) in [6.07, 6.45) is 7.93. The Hall–Kier alpha value is -2.34. The van der Waals surface area contributed by atoms with Crippen LogP contribution in [0.4, 0.5) is 4.39 Å². The minimum absolute atomic E-state index is 0.218. The van der Waals surface area contributed by atoms with Crippen molar-refractivity contribution in [1.82, 2.24) is 15.0 Å². The Morgan fingerprint density at radius 2 is 1.92 bits per heavy atom. The fourth-order valence-electron chi connectivity index (χ4n) is 4.02. The number of hydrogen-bond donors (Lipinski definition) is 2. The second-order valence-corrected chi connectivity index (χ2v) is 8.22. The van der Waals surface area contributed by atoms with Gasteiger partial charge in [-0.05, 0) is 37.1 Å². The Balaban J connectivity index is 1.78. The molecule has 0 spiro atoms. The van der Waals surface area contributed by atoms with E-state index in [1.54, 1.807) is 24.0 Å². The molecular formula is C20H18FN3OS. The highest BCUT2D eigenvalue weighted by atomic mass is 32.2. The highest BCUT2D eigenvalue weighted by molar-refractivity contribution is 7.99. The number of H-pyrrole nitrogens is 2. The van der Waals surface area contributed by atoms with Gasteiger partial charge in [0, 0.05) is 27.6 Å². The maximum Gasteiger partial charge on any atom is 0.256 e. The summed E-state index contributed by atoms with van der Waals surface area (Å²) in [6.45, 7) is 0. The Bertz CT molecular complexity index is 1190. The van der Waals surface area contributed by atoms with Crippen LogP contribution < -0.4 is 5.56 Å². The lowest BCUT2D eigenvalue weighted by molar-refractivity contribution is 0.515. The van der Waals surface area contributed by atoms with E-state index in [1.165, 1.54) is 44.2 Å². The molecule has 4 aromatic rings. The first-order valence-electron chi connectivity index (χ1n) is 9.00. The summed E-state index contributed by atoms with van der Waals surface area (Å²) in [4.78, 5) is 23.4. The molecule has 1 aliphatic carbocycles. The van der Waals surface area contributed by atoms with Gasteiger partial charge in [-0.25, -0.2) is 9.37 Å². The fraction of sp³-hybridized carbons (Fsp3) is 0.300. The number of aromatic nitrogens is 3. The lowest BCUT2D eigenvalue weighted by Crippen LogP contribution is -2.07. The fourth-order valence-corrected chi connectivity index (χ4v) is 5.21. The van der Waals surface area contributed by atoms with Crippen LogP contribution in [0.15, 0.2) is 40.4 Å². The van der Waals surface area contributed by atoms with Crippen molar-refractivity contribution in [1.29, 1.82) is 0 Å². The van der Waals surface area contributed by atoms with Crippen molar-refractivity contribution < 1.29 is 4.39 Å². The molecule has 0 saturated heterocycles. The zero-order chi connectivity index (χ0) is 17.7. The zero-order valence-corrected chi connectivity index (χ0v) is 15.0. The van der Waals surface area contributed by atoms with E-state index in [4.69, 9.17) is 4.98 Å². The topological polar surface area (TPSA) is 61.5 Å². The third-order valence-corrected chi connectivity index (χ3v) is 6.47. The Morgan fingerprint density at radius 3 is 2.77 bits per heavy atom. The summed E-state index contributed by atoms with van der Waals surface area (Å²) >= 11 is 1.79. The molecule has 26 heavy (non-hydrogen) atoms. The highest BCUT2D eigenvalue weighted by Crippen LogP contribution is 2.37. The van der Waals surface area contributed by atoms with Gasteiger partial charge in [0.05, 0.1) is 16.4 Å². The summed E-state index contributed by atoms with van der Waals surface area (Å²) in [7, 11) is 0. The summed E-state index contributed by atoms with van der Waals surface area (Å²) < 4.78 is 13.9. The lowest BCUT2D eigenvalue weighted by Gasteiger charge is -2.19. The van der Waals surface area contributed by atoms with Gasteiger partial charge in [-0.3, -0.25) is 4.79 Å². The molecule has 0 radical (unpaired) electrons. The second kappa shape index (κ2) is 6.13. The average Bonchev–Trinajstić information content (AvgIpc) is 3.06. The van der Waals surface area contributed by atoms with E-state index in [0.717, 1.165) is 27.0 Å². The van der Waals surface area contributed by atoms with Crippen molar-refractivity contribution in [3.05, 3.63) is 46.6 Å². The van der Waals surface area contributed by atoms with Crippen LogP contribution >= 0.6 is 11.8 Å². The molecule has 132 valence electrons. The molecule has 2 N–H and O–H groups in total. The van der Waals surface area contributed by atoms with Gasteiger partial charge < -0.3 is 9.97 Å². The molecule has 4 nitrogen and oxygen atoms in total. The predicted molar refractivity (Wildman–Crippen MR) is 104 cm³/mol. The Morgan fingerprint density at radius 1 is 1.08 bits per heavy atom. The van der Waals surface area contributed by atoms with Gasteiger partial charge in [0.2, 0.25) is 0 Å². The number of pyridine rings is 1. The number of thioether (sulfide) groups is 1. The molecule has 1 fully saturated rings. The van der Waals surface area contributed by atoms with Gasteiger partial charge in [0.15, 0.2) is 5.16 Å². The molecule has 2 aromatic heterocycles. The molecule has 0 amide bonds. The molecule has 2 heterocycles. The first kappa shape index (κ1) is 15.9. The highest BCUT2D eigenvalue weighted by Gasteiger charge is 2.19. The zero-order valence-electron chi connectivity index (χ0n) is 14.1. The Kier molecular flexibility index (Phi) is 3.74. The van der Waals surface area contributed by atoms with Gasteiger partial charge in [-0.15, -0.1) is 0 Å². The number of imidazole rings is 1. The number of nitrogens with zero attached hydrogens (tertiary/aromatic N) is 1. The maximum absolute atomic E-state index is 13.9. The quantitative estimate of drug-likeness (QED) is 0.483. The molecule has 0 aliphatic heterocycles. The van der Waals surface area contributed by atoms with E-state index >= 15 is 0 Å². The summed E-state index contributed by atoms with van der Waals surface area (Å²) in [5.41, 5.74) is 1.43. The molecule has 2 aromatic carbocycles. The molecule has 0 atom stereocenters. The summed E-state index contributed by atoms with van der Waals surface area (Å²) in [5.74, 6) is -0.349. The maximum atomic E-state index is 13.9. The van der Waals surface area contributed by atoms with Crippen molar-refractivity contribution in [3.63, 3.8) is 0 Å². The minimum atomic E-state index is -0.349. The van der Waals surface area contributed by atoms with Crippen molar-refractivity contribution in [2.75, 3.05) is 0 Å². The van der Waals surface area contributed by atoms with Crippen molar-refractivity contribution in [2.45, 2.75) is 42.5 Å². The van der Waals surface area contributed by atoms with Crippen molar-refractivity contribution >= 4 is 44.3 Å². The lowest BCUT2D eigenvalue weighted by atomic mass is 10.0. The number of hydrogen-bond acceptors (Lipinski definition) is 3. The van der Waals surface area contributed by atoms with Crippen molar-refractivity contribution in [3.8, 4) is 0 Å². The molecule has 5 rings (SSSR count). The minimum Gasteiger partial charge on any atom is -0.332 e. The molecule has 6 heteroatoms. The van der Waals surface area contributed by atoms with Crippen LogP contribution in [0.3, 0.4) is 0 Å². The van der Waals surface area contributed by atoms with Crippen LogP contribution in [0.25, 0.3) is 32.6 Å². The standard InChI is InChI=1S/C20H18FN3OS/c21-11-6-7-13-15(10-11)16-14(8-9-22-19(16)25)18-17(13)23-20(24-18)26-12-4-2-1-3-5-12/h6-10,12H,1-5H2,(H,22,25)(H,23,24). The number of halogens is 1. The largest absolute Gasteiger partial charge is 0.332 e. The van der Waals surface area contributed by atoms with Crippen LogP contribution in [-0.2, 0) is 0 Å². The van der Waals surface area contributed by atoms with Crippen LogP contribution in [0.1, 0.15) is 32.1 Å². The number of benzene rings is 2. The van der Waals surface area contributed by atoms with Gasteiger partial charge >= 0.3 is 0 Å². The van der Waals surface area contributed by atoms with Crippen LogP contribution in [-0.4, -0.2) is 20.2 Å². The molecular weight excluding hydrogens is 349 g/mol. The summed E-state index contributed by atoms with van der Waals surface area (Å²) in [6, 6.07) is 6.44. The molecule has 1 aliphatic rings. The molecule has 1 saturated carbocycles. The number of rotatable bonds is 2. The first-order chi connectivity index (χ1) is 12.7. The number of nitrogens with one attached hydrogen (secondary N) is 2. The summed E-state index contributed by atoms with van der Waals surface area (Å²) in [5, 5.41) is 4.16.